The number of carbonyl (C=O) groups excluding carboxylic acids is 1. The van der Waals surface area contributed by atoms with Crippen molar-refractivity contribution in [2.75, 3.05) is 13.1 Å². The Balaban J connectivity index is 1.68. The Morgan fingerprint density at radius 2 is 1.88 bits per heavy atom. The molecule has 0 radical (unpaired) electrons. The Labute approximate surface area is 229 Å². The average Bonchev–Trinajstić information content (AvgIpc) is 3.46. The lowest BCUT2D eigenvalue weighted by Crippen LogP contribution is -2.40. The Morgan fingerprint density at radius 1 is 1.12 bits per heavy atom. The molecule has 1 saturated heterocycles. The summed E-state index contributed by atoms with van der Waals surface area (Å²) in [6.07, 6.45) is 2.01. The molecule has 0 aliphatic carbocycles. The molecule has 1 aliphatic heterocycles. The molecule has 206 valence electrons. The number of hydrogen-bond donors (Lipinski definition) is 2. The van der Waals surface area contributed by atoms with Crippen LogP contribution in [-0.4, -0.2) is 49.9 Å². The number of benzene rings is 3. The van der Waals surface area contributed by atoms with Crippen LogP contribution in [0.5, 0.6) is 0 Å². The first-order chi connectivity index (χ1) is 18.8. The van der Waals surface area contributed by atoms with Crippen molar-refractivity contribution < 1.29 is 23.1 Å². The molecule has 7 nitrogen and oxygen atoms in total. The number of fused-ring (bicyclic) bond motifs is 1. The largest absolute Gasteiger partial charge is 0.389 e. The fourth-order valence-corrected chi connectivity index (χ4v) is 5.13. The van der Waals surface area contributed by atoms with E-state index in [1.54, 1.807) is 11.0 Å². The summed E-state index contributed by atoms with van der Waals surface area (Å²) in [4.78, 5) is 15.0. The molecule has 10 heteroatoms. The third-order valence-electron chi connectivity index (χ3n) is 7.09. The number of amides is 1. The lowest BCUT2D eigenvalue weighted by Gasteiger charge is -2.21. The Hall–Kier alpha value is -4.20. The molecule has 1 fully saturated rings. The summed E-state index contributed by atoms with van der Waals surface area (Å²) in [7, 11) is 0. The fourth-order valence-electron chi connectivity index (χ4n) is 5.13. The van der Waals surface area contributed by atoms with Gasteiger partial charge >= 0.3 is 0 Å². The Morgan fingerprint density at radius 3 is 2.50 bits per heavy atom. The van der Waals surface area contributed by atoms with Crippen molar-refractivity contribution in [1.29, 1.82) is 5.26 Å². The number of rotatable bonds is 5. The normalized spacial score (nSPS) is 17.4. The molecular weight excluding hydrogens is 519 g/mol. The lowest BCUT2D eigenvalue weighted by atomic mass is 9.91. The van der Waals surface area contributed by atoms with Crippen LogP contribution < -0.4 is 5.73 Å². The van der Waals surface area contributed by atoms with Crippen LogP contribution in [0.15, 0.2) is 48.7 Å². The molecule has 0 saturated carbocycles. The van der Waals surface area contributed by atoms with Gasteiger partial charge in [-0.15, -0.1) is 0 Å². The highest BCUT2D eigenvalue weighted by atomic mass is 19.2. The van der Waals surface area contributed by atoms with E-state index in [0.29, 0.717) is 24.9 Å². The van der Waals surface area contributed by atoms with E-state index in [0.717, 1.165) is 6.07 Å². The summed E-state index contributed by atoms with van der Waals surface area (Å²) in [6.45, 7) is 5.71. The topological polar surface area (TPSA) is 108 Å². The van der Waals surface area contributed by atoms with Crippen molar-refractivity contribution in [3.05, 3.63) is 77.2 Å². The van der Waals surface area contributed by atoms with Gasteiger partial charge < -0.3 is 15.7 Å². The first kappa shape index (κ1) is 27.4. The first-order valence-corrected chi connectivity index (χ1v) is 12.8. The minimum Gasteiger partial charge on any atom is -0.389 e. The van der Waals surface area contributed by atoms with Crippen molar-refractivity contribution in [3.8, 4) is 28.3 Å². The maximum atomic E-state index is 15.7. The minimum atomic E-state index is -1.22. The maximum absolute atomic E-state index is 15.7. The standard InChI is InChI=1S/C30H28F3N5O2/c1-29(2,40)15-38-27-20(14-36-38)11-23(25(32)26(27)33)21-7-6-18(28(39)37-9-8-30(3,35)16-37)10-22(21)17-4-5-19(13-34)24(31)12-17/h4-7,10-12,14,40H,8-9,15-16,35H2,1-3H3. The quantitative estimate of drug-likeness (QED) is 0.366. The second kappa shape index (κ2) is 9.77. The van der Waals surface area contributed by atoms with Gasteiger partial charge in [-0.2, -0.15) is 10.4 Å². The molecule has 1 unspecified atom stereocenters. The molecular formula is C30H28F3N5O2. The number of carbonyl (C=O) groups is 1. The van der Waals surface area contributed by atoms with Gasteiger partial charge in [-0.1, -0.05) is 12.1 Å². The number of aliphatic hydroxyl groups is 1. The van der Waals surface area contributed by atoms with E-state index in [1.807, 2.05) is 6.92 Å². The van der Waals surface area contributed by atoms with Crippen LogP contribution in [0.4, 0.5) is 13.2 Å². The summed E-state index contributed by atoms with van der Waals surface area (Å²) in [5.41, 5.74) is 5.16. The number of halogens is 3. The predicted molar refractivity (Wildman–Crippen MR) is 145 cm³/mol. The lowest BCUT2D eigenvalue weighted by molar-refractivity contribution is 0.0589. The van der Waals surface area contributed by atoms with Gasteiger partial charge in [0.15, 0.2) is 11.6 Å². The molecule has 5 rings (SSSR count). The van der Waals surface area contributed by atoms with Gasteiger partial charge in [-0.3, -0.25) is 9.48 Å². The van der Waals surface area contributed by atoms with Gasteiger partial charge in [-0.05, 0) is 74.2 Å². The Bertz CT molecular complexity index is 1700. The molecule has 1 amide bonds. The van der Waals surface area contributed by atoms with E-state index in [-0.39, 0.29) is 51.3 Å². The molecule has 40 heavy (non-hydrogen) atoms. The number of hydrogen-bond acceptors (Lipinski definition) is 5. The van der Waals surface area contributed by atoms with Crippen LogP contribution >= 0.6 is 0 Å². The van der Waals surface area contributed by atoms with E-state index in [4.69, 9.17) is 11.0 Å². The van der Waals surface area contributed by atoms with Crippen molar-refractivity contribution in [2.45, 2.75) is 44.9 Å². The monoisotopic (exact) mass is 547 g/mol. The Kier molecular flexibility index (Phi) is 6.68. The molecule has 3 aromatic carbocycles. The molecule has 0 bridgehead atoms. The fraction of sp³-hybridized carbons (Fsp3) is 0.300. The summed E-state index contributed by atoms with van der Waals surface area (Å²) in [5, 5.41) is 23.8. The summed E-state index contributed by atoms with van der Waals surface area (Å²) in [6, 6.07) is 11.7. The second-order valence-electron chi connectivity index (χ2n) is 11.3. The zero-order valence-corrected chi connectivity index (χ0v) is 22.3. The molecule has 1 aromatic heterocycles. The predicted octanol–water partition coefficient (Wildman–Crippen LogP) is 4.99. The number of aromatic nitrogens is 2. The van der Waals surface area contributed by atoms with E-state index in [9.17, 15) is 14.3 Å². The molecule has 0 spiro atoms. The molecule has 2 heterocycles. The summed E-state index contributed by atoms with van der Waals surface area (Å²) >= 11 is 0. The van der Waals surface area contributed by atoms with Crippen LogP contribution in [0, 0.1) is 28.8 Å². The molecule has 1 atom stereocenters. The SMILES string of the molecule is CC(C)(O)Cn1ncc2cc(-c3ccc(C(=O)N4CCC(C)(N)C4)cc3-c3ccc(C#N)c(F)c3)c(F)c(F)c21. The molecule has 1 aliphatic rings. The van der Waals surface area contributed by atoms with Crippen LogP contribution in [0.1, 0.15) is 43.1 Å². The van der Waals surface area contributed by atoms with Gasteiger partial charge in [0.2, 0.25) is 0 Å². The van der Waals surface area contributed by atoms with Crippen LogP contribution in [-0.2, 0) is 6.54 Å². The summed E-state index contributed by atoms with van der Waals surface area (Å²) < 4.78 is 47.1. The van der Waals surface area contributed by atoms with Gasteiger partial charge in [0.1, 0.15) is 17.4 Å². The molecule has 3 N–H and O–H groups in total. The zero-order valence-electron chi connectivity index (χ0n) is 22.3. The second-order valence-corrected chi connectivity index (χ2v) is 11.3. The highest BCUT2D eigenvalue weighted by Crippen LogP contribution is 2.38. The van der Waals surface area contributed by atoms with Crippen LogP contribution in [0.2, 0.25) is 0 Å². The van der Waals surface area contributed by atoms with Gasteiger partial charge in [0, 0.05) is 35.1 Å². The van der Waals surface area contributed by atoms with Crippen molar-refractivity contribution >= 4 is 16.8 Å². The van der Waals surface area contributed by atoms with E-state index >= 15 is 8.78 Å². The highest BCUT2D eigenvalue weighted by molar-refractivity contribution is 5.99. The third-order valence-corrected chi connectivity index (χ3v) is 7.09. The maximum Gasteiger partial charge on any atom is 0.253 e. The van der Waals surface area contributed by atoms with Crippen molar-refractivity contribution in [3.63, 3.8) is 0 Å². The third kappa shape index (κ3) is 5.06. The van der Waals surface area contributed by atoms with E-state index < -0.39 is 28.6 Å². The summed E-state index contributed by atoms with van der Waals surface area (Å²) in [5.74, 6) is -3.37. The average molecular weight is 548 g/mol. The smallest absolute Gasteiger partial charge is 0.253 e. The highest BCUT2D eigenvalue weighted by Gasteiger charge is 2.33. The van der Waals surface area contributed by atoms with Crippen molar-refractivity contribution in [2.24, 2.45) is 5.73 Å². The first-order valence-electron chi connectivity index (χ1n) is 12.8. The van der Waals surface area contributed by atoms with Crippen LogP contribution in [0.25, 0.3) is 33.2 Å². The van der Waals surface area contributed by atoms with Gasteiger partial charge in [0.25, 0.3) is 5.91 Å². The van der Waals surface area contributed by atoms with E-state index in [1.165, 1.54) is 61.1 Å². The number of likely N-dealkylation sites (tertiary alicyclic amines) is 1. The number of nitrogens with zero attached hydrogens (tertiary/aromatic N) is 4. The van der Waals surface area contributed by atoms with Gasteiger partial charge in [-0.25, -0.2) is 13.2 Å². The number of nitrogens with two attached hydrogens (primary N) is 1. The minimum absolute atomic E-state index is 0.0584. The van der Waals surface area contributed by atoms with E-state index in [2.05, 4.69) is 5.10 Å². The van der Waals surface area contributed by atoms with Gasteiger partial charge in [0.05, 0.1) is 23.9 Å². The zero-order chi connectivity index (χ0) is 29.0. The van der Waals surface area contributed by atoms with Crippen molar-refractivity contribution in [1.82, 2.24) is 14.7 Å². The number of nitriles is 1. The van der Waals surface area contributed by atoms with Crippen LogP contribution in [0.3, 0.4) is 0 Å². The molecule has 4 aromatic rings.